The normalized spacial score (nSPS) is 14.9. The molecule has 0 bridgehead atoms. The second-order valence-corrected chi connectivity index (χ2v) is 8.03. The zero-order valence-corrected chi connectivity index (χ0v) is 17.7. The Morgan fingerprint density at radius 2 is 1.89 bits per heavy atom. The summed E-state index contributed by atoms with van der Waals surface area (Å²) in [6, 6.07) is 13.9. The number of aryl methyl sites for hydroxylation is 1. The van der Waals surface area contributed by atoms with Crippen LogP contribution in [0.15, 0.2) is 42.5 Å². The number of halogens is 2. The standard InChI is InChI=1S/C20H24Cl2N4S/c1-15-4-2-3-5-19(15)26-12-10-25(11-13-26)9-8-23-20(27)24-18-14-16(21)6-7-17(18)22/h2-7,14H,8-13H2,1H3,(H2,23,24,27)/p+1. The molecule has 1 aliphatic rings. The van der Waals surface area contributed by atoms with Crippen molar-refractivity contribution < 1.29 is 4.90 Å². The van der Waals surface area contributed by atoms with Crippen LogP contribution in [0.4, 0.5) is 11.4 Å². The zero-order chi connectivity index (χ0) is 19.2. The molecule has 3 N–H and O–H groups in total. The number of para-hydroxylation sites is 1. The lowest BCUT2D eigenvalue weighted by molar-refractivity contribution is -0.899. The molecule has 2 aromatic rings. The lowest BCUT2D eigenvalue weighted by atomic mass is 10.1. The highest BCUT2D eigenvalue weighted by atomic mass is 35.5. The van der Waals surface area contributed by atoms with Gasteiger partial charge in [0.05, 0.1) is 50.0 Å². The second-order valence-electron chi connectivity index (χ2n) is 6.78. The van der Waals surface area contributed by atoms with Crippen LogP contribution in [-0.4, -0.2) is 44.4 Å². The summed E-state index contributed by atoms with van der Waals surface area (Å²) in [7, 11) is 0. The van der Waals surface area contributed by atoms with Gasteiger partial charge in [-0.1, -0.05) is 41.4 Å². The van der Waals surface area contributed by atoms with E-state index in [-0.39, 0.29) is 0 Å². The topological polar surface area (TPSA) is 31.7 Å². The largest absolute Gasteiger partial charge is 0.360 e. The smallest absolute Gasteiger partial charge is 0.171 e. The highest BCUT2D eigenvalue weighted by molar-refractivity contribution is 7.80. The molecule has 1 heterocycles. The SMILES string of the molecule is Cc1ccccc1N1CC[NH+](CCNC(=S)Nc2cc(Cl)ccc2Cl)CC1. The Morgan fingerprint density at radius 1 is 1.15 bits per heavy atom. The number of hydrogen-bond donors (Lipinski definition) is 3. The summed E-state index contributed by atoms with van der Waals surface area (Å²) < 4.78 is 0. The van der Waals surface area contributed by atoms with Gasteiger partial charge in [-0.3, -0.25) is 0 Å². The first-order valence-electron chi connectivity index (χ1n) is 9.17. The van der Waals surface area contributed by atoms with Crippen molar-refractivity contribution >= 4 is 51.9 Å². The lowest BCUT2D eigenvalue weighted by Gasteiger charge is -2.34. The van der Waals surface area contributed by atoms with E-state index in [4.69, 9.17) is 35.4 Å². The van der Waals surface area contributed by atoms with Gasteiger partial charge in [0, 0.05) is 10.7 Å². The summed E-state index contributed by atoms with van der Waals surface area (Å²) >= 11 is 17.5. The number of benzene rings is 2. The third-order valence-electron chi connectivity index (χ3n) is 4.87. The minimum atomic E-state index is 0.567. The maximum Gasteiger partial charge on any atom is 0.171 e. The van der Waals surface area contributed by atoms with Gasteiger partial charge in [0.2, 0.25) is 0 Å². The van der Waals surface area contributed by atoms with Crippen molar-refractivity contribution in [2.75, 3.05) is 49.5 Å². The Labute approximate surface area is 176 Å². The molecule has 4 nitrogen and oxygen atoms in total. The maximum absolute atomic E-state index is 6.15. The van der Waals surface area contributed by atoms with E-state index in [0.29, 0.717) is 15.2 Å². The fourth-order valence-electron chi connectivity index (χ4n) is 3.34. The van der Waals surface area contributed by atoms with E-state index in [2.05, 4.69) is 46.7 Å². The summed E-state index contributed by atoms with van der Waals surface area (Å²) in [5.41, 5.74) is 3.43. The van der Waals surface area contributed by atoms with Crippen LogP contribution in [0.3, 0.4) is 0 Å². The quantitative estimate of drug-likeness (QED) is 0.645. The molecule has 3 rings (SSSR count). The third-order valence-corrected chi connectivity index (χ3v) is 5.68. The molecule has 7 heteroatoms. The van der Waals surface area contributed by atoms with E-state index in [0.717, 1.165) is 45.0 Å². The van der Waals surface area contributed by atoms with Crippen LogP contribution >= 0.6 is 35.4 Å². The molecule has 0 saturated carbocycles. The first-order chi connectivity index (χ1) is 13.0. The fourth-order valence-corrected chi connectivity index (χ4v) is 3.89. The maximum atomic E-state index is 6.15. The van der Waals surface area contributed by atoms with Crippen molar-refractivity contribution in [2.24, 2.45) is 0 Å². The molecule has 0 amide bonds. The highest BCUT2D eigenvalue weighted by Crippen LogP contribution is 2.25. The van der Waals surface area contributed by atoms with Gasteiger partial charge in [-0.15, -0.1) is 0 Å². The summed E-state index contributed by atoms with van der Waals surface area (Å²) in [6.45, 7) is 8.48. The van der Waals surface area contributed by atoms with Crippen LogP contribution in [-0.2, 0) is 0 Å². The molecule has 1 fully saturated rings. The molecule has 1 saturated heterocycles. The van der Waals surface area contributed by atoms with Crippen molar-refractivity contribution in [1.29, 1.82) is 0 Å². The average molecular weight is 424 g/mol. The number of piperazine rings is 1. The molecule has 0 atom stereocenters. The first kappa shape index (κ1) is 20.2. The Kier molecular flexibility index (Phi) is 7.19. The molecule has 0 spiro atoms. The van der Waals surface area contributed by atoms with Crippen molar-refractivity contribution in [3.05, 3.63) is 58.1 Å². The van der Waals surface area contributed by atoms with Gasteiger partial charge in [-0.25, -0.2) is 0 Å². The van der Waals surface area contributed by atoms with Gasteiger partial charge in [0.15, 0.2) is 5.11 Å². The molecular weight excluding hydrogens is 399 g/mol. The van der Waals surface area contributed by atoms with Crippen molar-refractivity contribution in [1.82, 2.24) is 5.32 Å². The molecule has 0 unspecified atom stereocenters. The van der Waals surface area contributed by atoms with Crippen LogP contribution in [0.1, 0.15) is 5.56 Å². The van der Waals surface area contributed by atoms with Crippen molar-refractivity contribution in [2.45, 2.75) is 6.92 Å². The summed E-state index contributed by atoms with van der Waals surface area (Å²) in [5.74, 6) is 0. The van der Waals surface area contributed by atoms with Gasteiger partial charge in [0.1, 0.15) is 0 Å². The Morgan fingerprint density at radius 3 is 2.63 bits per heavy atom. The third kappa shape index (κ3) is 5.72. The number of hydrogen-bond acceptors (Lipinski definition) is 2. The number of anilines is 2. The zero-order valence-electron chi connectivity index (χ0n) is 15.4. The Balaban J connectivity index is 1.40. The number of nitrogens with one attached hydrogen (secondary N) is 3. The molecule has 0 radical (unpaired) electrons. The Hall–Kier alpha value is -1.53. The van der Waals surface area contributed by atoms with Crippen LogP contribution < -0.4 is 20.4 Å². The predicted molar refractivity (Wildman–Crippen MR) is 120 cm³/mol. The van der Waals surface area contributed by atoms with E-state index in [1.807, 2.05) is 0 Å². The lowest BCUT2D eigenvalue weighted by Crippen LogP contribution is -3.15. The number of nitrogens with zero attached hydrogens (tertiary/aromatic N) is 1. The van der Waals surface area contributed by atoms with E-state index in [1.165, 1.54) is 11.3 Å². The minimum absolute atomic E-state index is 0.567. The molecule has 1 aliphatic heterocycles. The molecule has 27 heavy (non-hydrogen) atoms. The fraction of sp³-hybridized carbons (Fsp3) is 0.350. The van der Waals surface area contributed by atoms with Crippen LogP contribution in [0, 0.1) is 6.92 Å². The summed E-state index contributed by atoms with van der Waals surface area (Å²) in [6.07, 6.45) is 0. The number of thiocarbonyl (C=S) groups is 1. The second kappa shape index (κ2) is 9.60. The van der Waals surface area contributed by atoms with Gasteiger partial charge in [-0.2, -0.15) is 0 Å². The van der Waals surface area contributed by atoms with Gasteiger partial charge in [0.25, 0.3) is 0 Å². The first-order valence-corrected chi connectivity index (χ1v) is 10.3. The van der Waals surface area contributed by atoms with Gasteiger partial charge in [-0.05, 0) is 49.0 Å². The predicted octanol–water partition coefficient (Wildman–Crippen LogP) is 2.99. The molecule has 0 aromatic heterocycles. The van der Waals surface area contributed by atoms with Crippen LogP contribution in [0.5, 0.6) is 0 Å². The van der Waals surface area contributed by atoms with E-state index in [1.54, 1.807) is 23.1 Å². The monoisotopic (exact) mass is 423 g/mol. The van der Waals surface area contributed by atoms with E-state index < -0.39 is 0 Å². The molecule has 2 aromatic carbocycles. The van der Waals surface area contributed by atoms with E-state index in [9.17, 15) is 0 Å². The minimum Gasteiger partial charge on any atom is -0.360 e. The highest BCUT2D eigenvalue weighted by Gasteiger charge is 2.20. The van der Waals surface area contributed by atoms with E-state index >= 15 is 0 Å². The summed E-state index contributed by atoms with van der Waals surface area (Å²) in [5, 5.41) is 8.16. The number of quaternary nitrogens is 1. The molecule has 144 valence electrons. The summed E-state index contributed by atoms with van der Waals surface area (Å²) in [4.78, 5) is 4.08. The van der Waals surface area contributed by atoms with Gasteiger partial charge >= 0.3 is 0 Å². The van der Waals surface area contributed by atoms with Crippen molar-refractivity contribution in [3.8, 4) is 0 Å². The van der Waals surface area contributed by atoms with Gasteiger partial charge < -0.3 is 20.4 Å². The molecule has 0 aliphatic carbocycles. The average Bonchev–Trinajstić information content (AvgIpc) is 2.66. The van der Waals surface area contributed by atoms with Crippen LogP contribution in [0.25, 0.3) is 0 Å². The number of rotatable bonds is 5. The van der Waals surface area contributed by atoms with Crippen LogP contribution in [0.2, 0.25) is 10.0 Å². The molecular formula is C20H25Cl2N4S+. The Bertz CT molecular complexity index is 791. The van der Waals surface area contributed by atoms with Crippen molar-refractivity contribution in [3.63, 3.8) is 0 Å².